The molecule has 1 heterocycles. The molecule has 1 aromatic heterocycles. The van der Waals surface area contributed by atoms with Crippen LogP contribution in [0.2, 0.25) is 0 Å². The van der Waals surface area contributed by atoms with Crippen LogP contribution in [-0.2, 0) is 12.8 Å². The molecule has 0 unspecified atom stereocenters. The number of hydrogen-bond acceptors (Lipinski definition) is 2. The summed E-state index contributed by atoms with van der Waals surface area (Å²) >= 11 is 0. The van der Waals surface area contributed by atoms with E-state index in [9.17, 15) is 0 Å². The Balaban J connectivity index is 2.29. The van der Waals surface area contributed by atoms with Gasteiger partial charge < -0.3 is 5.84 Å². The Bertz CT molecular complexity index is 485. The molecule has 0 radical (unpaired) electrons. The van der Waals surface area contributed by atoms with E-state index in [-0.39, 0.29) is 0 Å². The molecular weight excluding hydrogens is 174 g/mol. The molecule has 0 amide bonds. The van der Waals surface area contributed by atoms with Gasteiger partial charge in [-0.05, 0) is 24.0 Å². The summed E-state index contributed by atoms with van der Waals surface area (Å²) in [6.45, 7) is 0. The molecule has 1 aliphatic carbocycles. The number of rotatable bonds is 0. The van der Waals surface area contributed by atoms with Gasteiger partial charge in [-0.1, -0.05) is 24.3 Å². The lowest BCUT2D eigenvalue weighted by molar-refractivity contribution is 0.747. The zero-order valence-electron chi connectivity index (χ0n) is 7.77. The monoisotopic (exact) mass is 185 g/mol. The van der Waals surface area contributed by atoms with Crippen LogP contribution in [0.1, 0.15) is 11.3 Å². The minimum atomic E-state index is 0.989. The number of aromatic nitrogens is 2. The van der Waals surface area contributed by atoms with Crippen LogP contribution in [0.3, 0.4) is 0 Å². The predicted octanol–water partition coefficient (Wildman–Crippen LogP) is 1.36. The van der Waals surface area contributed by atoms with Gasteiger partial charge in [0.15, 0.2) is 0 Å². The van der Waals surface area contributed by atoms with Crippen molar-refractivity contribution in [2.24, 2.45) is 0 Å². The zero-order chi connectivity index (χ0) is 9.54. The van der Waals surface area contributed by atoms with Crippen molar-refractivity contribution in [3.8, 4) is 11.1 Å². The van der Waals surface area contributed by atoms with E-state index in [1.54, 1.807) is 0 Å². The number of benzene rings is 1. The lowest BCUT2D eigenvalue weighted by Crippen LogP contribution is -2.16. The molecule has 14 heavy (non-hydrogen) atoms. The van der Waals surface area contributed by atoms with Crippen LogP contribution in [0.25, 0.3) is 11.1 Å². The fraction of sp³-hybridized carbons (Fsp3) is 0.182. The Kier molecular flexibility index (Phi) is 1.42. The highest BCUT2D eigenvalue weighted by atomic mass is 15.5. The van der Waals surface area contributed by atoms with Gasteiger partial charge in [-0.25, -0.2) is 0 Å². The quantitative estimate of drug-likeness (QED) is 0.630. The Morgan fingerprint density at radius 3 is 2.93 bits per heavy atom. The summed E-state index contributed by atoms with van der Waals surface area (Å²) in [5.74, 6) is 5.72. The number of hydrogen-bond donors (Lipinski definition) is 1. The maximum Gasteiger partial charge on any atom is 0.0699 e. The lowest BCUT2D eigenvalue weighted by atomic mass is 9.90. The first-order chi connectivity index (χ1) is 6.86. The van der Waals surface area contributed by atoms with Crippen molar-refractivity contribution in [3.63, 3.8) is 0 Å². The van der Waals surface area contributed by atoms with E-state index >= 15 is 0 Å². The van der Waals surface area contributed by atoms with Gasteiger partial charge in [-0.3, -0.25) is 0 Å². The highest BCUT2D eigenvalue weighted by Crippen LogP contribution is 2.32. The van der Waals surface area contributed by atoms with Gasteiger partial charge in [-0.15, -0.1) is 0 Å². The van der Waals surface area contributed by atoms with E-state index in [4.69, 9.17) is 5.84 Å². The number of aryl methyl sites for hydroxylation is 1. The van der Waals surface area contributed by atoms with Crippen molar-refractivity contribution in [3.05, 3.63) is 41.7 Å². The smallest absolute Gasteiger partial charge is 0.0699 e. The highest BCUT2D eigenvalue weighted by molar-refractivity contribution is 5.71. The number of nitrogens with zero attached hydrogens (tertiary/aromatic N) is 2. The van der Waals surface area contributed by atoms with Gasteiger partial charge in [0.2, 0.25) is 0 Å². The lowest BCUT2D eigenvalue weighted by Gasteiger charge is -2.15. The third-order valence-electron chi connectivity index (χ3n) is 2.84. The van der Waals surface area contributed by atoms with Gasteiger partial charge in [-0.2, -0.15) is 9.89 Å². The molecule has 0 saturated carbocycles. The van der Waals surface area contributed by atoms with E-state index in [1.807, 2.05) is 6.20 Å². The average molecular weight is 185 g/mol. The van der Waals surface area contributed by atoms with Crippen LogP contribution >= 0.6 is 0 Å². The fourth-order valence-electron chi connectivity index (χ4n) is 2.12. The second-order valence-corrected chi connectivity index (χ2v) is 3.61. The molecule has 70 valence electrons. The molecule has 0 bridgehead atoms. The molecule has 3 heteroatoms. The summed E-state index contributed by atoms with van der Waals surface area (Å²) in [5, 5.41) is 4.09. The molecule has 3 nitrogen and oxygen atoms in total. The van der Waals surface area contributed by atoms with Crippen LogP contribution in [0.4, 0.5) is 0 Å². The van der Waals surface area contributed by atoms with E-state index in [2.05, 4.69) is 29.4 Å². The third kappa shape index (κ3) is 0.894. The molecule has 2 aromatic rings. The Morgan fingerprint density at radius 2 is 2.00 bits per heavy atom. The van der Waals surface area contributed by atoms with E-state index in [0.29, 0.717) is 0 Å². The molecule has 0 spiro atoms. The topological polar surface area (TPSA) is 43.8 Å². The van der Waals surface area contributed by atoms with Crippen LogP contribution in [0, 0.1) is 0 Å². The van der Waals surface area contributed by atoms with Crippen LogP contribution in [0.15, 0.2) is 30.5 Å². The third-order valence-corrected chi connectivity index (χ3v) is 2.84. The zero-order valence-corrected chi connectivity index (χ0v) is 7.77. The first-order valence-corrected chi connectivity index (χ1v) is 4.76. The number of fused-ring (bicyclic) bond motifs is 3. The van der Waals surface area contributed by atoms with Gasteiger partial charge in [0.1, 0.15) is 0 Å². The molecule has 1 aromatic carbocycles. The summed E-state index contributed by atoms with van der Waals surface area (Å²) in [7, 11) is 0. The molecule has 0 aliphatic heterocycles. The summed E-state index contributed by atoms with van der Waals surface area (Å²) in [5.41, 5.74) is 5.01. The fourth-order valence-corrected chi connectivity index (χ4v) is 2.12. The van der Waals surface area contributed by atoms with Crippen LogP contribution in [0.5, 0.6) is 0 Å². The summed E-state index contributed by atoms with van der Waals surface area (Å²) < 4.78 is 0. The van der Waals surface area contributed by atoms with Crippen molar-refractivity contribution < 1.29 is 0 Å². The molecule has 0 atom stereocenters. The Hall–Kier alpha value is -1.77. The Labute approximate surface area is 82.1 Å². The summed E-state index contributed by atoms with van der Waals surface area (Å²) in [6, 6.07) is 8.44. The molecule has 0 fully saturated rings. The standard InChI is InChI=1S/C11H11N3/c12-14-11-6-5-8-3-1-2-4-9(8)10(11)7-13-14/h1-4,7H,5-6,12H2. The second kappa shape index (κ2) is 2.61. The van der Waals surface area contributed by atoms with Crippen molar-refractivity contribution >= 4 is 0 Å². The van der Waals surface area contributed by atoms with Crippen molar-refractivity contribution in [1.29, 1.82) is 0 Å². The summed E-state index contributed by atoms with van der Waals surface area (Å²) in [4.78, 5) is 1.49. The SMILES string of the molecule is Nn1ncc2c1CCc1ccccc1-2. The van der Waals surface area contributed by atoms with E-state index in [1.165, 1.54) is 21.5 Å². The maximum atomic E-state index is 5.72. The summed E-state index contributed by atoms with van der Waals surface area (Å²) in [6.07, 6.45) is 3.90. The first kappa shape index (κ1) is 7.62. The molecule has 2 N–H and O–H groups in total. The Morgan fingerprint density at radius 1 is 1.14 bits per heavy atom. The minimum Gasteiger partial charge on any atom is -0.323 e. The number of nitrogens with two attached hydrogens (primary N) is 1. The molecule has 3 rings (SSSR count). The largest absolute Gasteiger partial charge is 0.323 e. The van der Waals surface area contributed by atoms with E-state index in [0.717, 1.165) is 18.5 Å². The highest BCUT2D eigenvalue weighted by Gasteiger charge is 2.18. The van der Waals surface area contributed by atoms with Gasteiger partial charge >= 0.3 is 0 Å². The normalized spacial score (nSPS) is 13.4. The second-order valence-electron chi connectivity index (χ2n) is 3.61. The van der Waals surface area contributed by atoms with Crippen molar-refractivity contribution in [2.75, 3.05) is 5.84 Å². The molecule has 1 aliphatic rings. The molecular formula is C11H11N3. The number of nitrogen functional groups attached to an aromatic ring is 1. The van der Waals surface area contributed by atoms with Gasteiger partial charge in [0.05, 0.1) is 11.9 Å². The van der Waals surface area contributed by atoms with Crippen molar-refractivity contribution in [1.82, 2.24) is 9.89 Å². The predicted molar refractivity (Wildman–Crippen MR) is 55.2 cm³/mol. The first-order valence-electron chi connectivity index (χ1n) is 4.76. The minimum absolute atomic E-state index is 0.989. The average Bonchev–Trinajstić information content (AvgIpc) is 2.61. The van der Waals surface area contributed by atoms with Crippen LogP contribution in [-0.4, -0.2) is 9.89 Å². The maximum absolute atomic E-state index is 5.72. The van der Waals surface area contributed by atoms with E-state index < -0.39 is 0 Å². The van der Waals surface area contributed by atoms with Crippen molar-refractivity contribution in [2.45, 2.75) is 12.8 Å². The van der Waals surface area contributed by atoms with Gasteiger partial charge in [0, 0.05) is 5.56 Å². The van der Waals surface area contributed by atoms with Crippen LogP contribution < -0.4 is 5.84 Å². The molecule has 0 saturated heterocycles. The van der Waals surface area contributed by atoms with Gasteiger partial charge in [0.25, 0.3) is 0 Å².